The summed E-state index contributed by atoms with van der Waals surface area (Å²) in [5.41, 5.74) is 7.67. The third-order valence-electron chi connectivity index (χ3n) is 4.58. The number of nitrogens with zero attached hydrogens (tertiary/aromatic N) is 2. The number of benzene rings is 1. The van der Waals surface area contributed by atoms with E-state index in [0.29, 0.717) is 51.2 Å². The largest absolute Gasteiger partial charge is 0.361 e. The molecule has 1 aromatic heterocycles. The topological polar surface area (TPSA) is 112 Å². The number of hydrogen-bond donors (Lipinski definition) is 4. The highest BCUT2D eigenvalue weighted by atomic mass is 32.1. The van der Waals surface area contributed by atoms with Crippen molar-refractivity contribution in [2.75, 3.05) is 45.0 Å². The van der Waals surface area contributed by atoms with Crippen LogP contribution < -0.4 is 11.1 Å². The van der Waals surface area contributed by atoms with Gasteiger partial charge in [0.05, 0.1) is 13.1 Å². The molecule has 0 aliphatic heterocycles. The van der Waals surface area contributed by atoms with Gasteiger partial charge in [0.2, 0.25) is 18.2 Å². The fourth-order valence-corrected chi connectivity index (χ4v) is 3.16. The molecule has 3 amide bonds. The quantitative estimate of drug-likeness (QED) is 0.278. The summed E-state index contributed by atoms with van der Waals surface area (Å²) in [6, 6.07) is 7.94. The number of nitrogens with one attached hydrogen (secondary N) is 2. The Morgan fingerprint density at radius 3 is 2.72 bits per heavy atom. The number of carbonyl (C=O) groups is 3. The van der Waals surface area contributed by atoms with Crippen molar-refractivity contribution in [1.29, 1.82) is 0 Å². The van der Waals surface area contributed by atoms with Crippen LogP contribution in [0, 0.1) is 0 Å². The first kappa shape index (κ1) is 22.8. The van der Waals surface area contributed by atoms with Gasteiger partial charge in [0, 0.05) is 42.5 Å². The molecule has 1 heterocycles. The Kier molecular flexibility index (Phi) is 9.52. The molecule has 158 valence electrons. The molecule has 0 fully saturated rings. The summed E-state index contributed by atoms with van der Waals surface area (Å²) >= 11 is 4.05. The van der Waals surface area contributed by atoms with Gasteiger partial charge in [-0.3, -0.25) is 14.4 Å². The van der Waals surface area contributed by atoms with Crippen LogP contribution in [0.1, 0.15) is 12.0 Å². The lowest BCUT2D eigenvalue weighted by Gasteiger charge is -2.25. The summed E-state index contributed by atoms with van der Waals surface area (Å²) in [4.78, 5) is 42.3. The van der Waals surface area contributed by atoms with E-state index < -0.39 is 0 Å². The first-order chi connectivity index (χ1) is 14.1. The standard InChI is InChI=1S/C20H29N5O3S/c21-7-3-9-25(13-19(27)22-8-11-29)20(28)14-24(15-26)10-6-16-12-23-18-5-2-1-4-17(16)18/h1-2,4-5,12,15,23,29H,3,6-11,13-14,21H2,(H,22,27). The molecule has 9 heteroatoms. The van der Waals surface area contributed by atoms with Crippen LogP contribution in [0.15, 0.2) is 30.5 Å². The molecule has 0 saturated heterocycles. The first-order valence-electron chi connectivity index (χ1n) is 9.68. The van der Waals surface area contributed by atoms with Crippen LogP contribution in [0.2, 0.25) is 0 Å². The highest BCUT2D eigenvalue weighted by Gasteiger charge is 2.19. The highest BCUT2D eigenvalue weighted by Crippen LogP contribution is 2.18. The number of aromatic nitrogens is 1. The van der Waals surface area contributed by atoms with E-state index in [1.54, 1.807) is 0 Å². The maximum atomic E-state index is 12.7. The number of carbonyl (C=O) groups excluding carboxylic acids is 3. The van der Waals surface area contributed by atoms with E-state index in [4.69, 9.17) is 5.73 Å². The molecular weight excluding hydrogens is 390 g/mol. The van der Waals surface area contributed by atoms with Crippen molar-refractivity contribution in [3.05, 3.63) is 36.0 Å². The minimum absolute atomic E-state index is 0.0538. The van der Waals surface area contributed by atoms with Gasteiger partial charge in [-0.05, 0) is 31.0 Å². The molecule has 2 aromatic rings. The van der Waals surface area contributed by atoms with Gasteiger partial charge in [-0.25, -0.2) is 0 Å². The SMILES string of the molecule is NCCCN(CC(=O)NCCS)C(=O)CN(C=O)CCc1c[nH]c2ccccc12. The van der Waals surface area contributed by atoms with E-state index in [1.165, 1.54) is 9.80 Å². The normalized spacial score (nSPS) is 10.7. The molecule has 0 radical (unpaired) electrons. The van der Waals surface area contributed by atoms with Crippen molar-refractivity contribution in [3.8, 4) is 0 Å². The molecule has 4 N–H and O–H groups in total. The van der Waals surface area contributed by atoms with Crippen molar-refractivity contribution in [2.24, 2.45) is 5.73 Å². The maximum Gasteiger partial charge on any atom is 0.242 e. The lowest BCUT2D eigenvalue weighted by Crippen LogP contribution is -2.46. The monoisotopic (exact) mass is 419 g/mol. The highest BCUT2D eigenvalue weighted by molar-refractivity contribution is 7.80. The van der Waals surface area contributed by atoms with E-state index in [9.17, 15) is 14.4 Å². The van der Waals surface area contributed by atoms with Crippen LogP contribution in [0.25, 0.3) is 10.9 Å². The fraction of sp³-hybridized carbons (Fsp3) is 0.450. The first-order valence-corrected chi connectivity index (χ1v) is 10.3. The predicted molar refractivity (Wildman–Crippen MR) is 117 cm³/mol. The van der Waals surface area contributed by atoms with E-state index >= 15 is 0 Å². The average molecular weight is 420 g/mol. The van der Waals surface area contributed by atoms with Crippen molar-refractivity contribution >= 4 is 41.8 Å². The second-order valence-electron chi connectivity index (χ2n) is 6.72. The maximum absolute atomic E-state index is 12.7. The number of hydrogen-bond acceptors (Lipinski definition) is 5. The number of thiol groups is 1. The zero-order chi connectivity index (χ0) is 21.1. The summed E-state index contributed by atoms with van der Waals surface area (Å²) in [6.45, 7) is 1.51. The Balaban J connectivity index is 1.93. The number of fused-ring (bicyclic) bond motifs is 1. The number of aromatic amines is 1. The van der Waals surface area contributed by atoms with E-state index in [1.807, 2.05) is 30.5 Å². The molecule has 29 heavy (non-hydrogen) atoms. The fourth-order valence-electron chi connectivity index (χ4n) is 3.04. The minimum atomic E-state index is -0.273. The van der Waals surface area contributed by atoms with Crippen LogP contribution in [0.3, 0.4) is 0 Å². The lowest BCUT2D eigenvalue weighted by molar-refractivity contribution is -0.138. The van der Waals surface area contributed by atoms with Gasteiger partial charge in [0.25, 0.3) is 0 Å². The Labute approximate surface area is 176 Å². The number of rotatable bonds is 13. The molecule has 0 spiro atoms. The number of amides is 3. The van der Waals surface area contributed by atoms with Crippen molar-refractivity contribution < 1.29 is 14.4 Å². The van der Waals surface area contributed by atoms with E-state index in [-0.39, 0.29) is 24.9 Å². The van der Waals surface area contributed by atoms with E-state index in [0.717, 1.165) is 16.5 Å². The van der Waals surface area contributed by atoms with Crippen LogP contribution in [-0.4, -0.2) is 78.0 Å². The van der Waals surface area contributed by atoms with Crippen molar-refractivity contribution in [3.63, 3.8) is 0 Å². The van der Waals surface area contributed by atoms with Gasteiger partial charge >= 0.3 is 0 Å². The summed E-state index contributed by atoms with van der Waals surface area (Å²) in [5.74, 6) is 0.00118. The summed E-state index contributed by atoms with van der Waals surface area (Å²) in [6.07, 6.45) is 3.81. The molecule has 0 saturated carbocycles. The Morgan fingerprint density at radius 1 is 1.21 bits per heavy atom. The summed E-state index contributed by atoms with van der Waals surface area (Å²) in [7, 11) is 0. The second-order valence-corrected chi connectivity index (χ2v) is 7.16. The molecule has 0 unspecified atom stereocenters. The lowest BCUT2D eigenvalue weighted by atomic mass is 10.1. The molecule has 2 rings (SSSR count). The van der Waals surface area contributed by atoms with E-state index in [2.05, 4.69) is 22.9 Å². The third-order valence-corrected chi connectivity index (χ3v) is 4.81. The van der Waals surface area contributed by atoms with Gasteiger partial charge in [-0.15, -0.1) is 0 Å². The molecule has 0 aliphatic rings. The van der Waals surface area contributed by atoms with Gasteiger partial charge in [-0.1, -0.05) is 18.2 Å². The number of para-hydroxylation sites is 1. The van der Waals surface area contributed by atoms with Gasteiger partial charge in [0.1, 0.15) is 0 Å². The van der Waals surface area contributed by atoms with Crippen molar-refractivity contribution in [2.45, 2.75) is 12.8 Å². The van der Waals surface area contributed by atoms with Gasteiger partial charge < -0.3 is 25.8 Å². The number of nitrogens with two attached hydrogens (primary N) is 1. The molecule has 0 bridgehead atoms. The zero-order valence-corrected chi connectivity index (χ0v) is 17.4. The Hall–Kier alpha value is -2.52. The second kappa shape index (κ2) is 12.1. The van der Waals surface area contributed by atoms with Crippen LogP contribution in [0.4, 0.5) is 0 Å². The average Bonchev–Trinajstić information content (AvgIpc) is 3.15. The van der Waals surface area contributed by atoms with Gasteiger partial charge in [0.15, 0.2) is 0 Å². The van der Waals surface area contributed by atoms with Crippen LogP contribution >= 0.6 is 12.6 Å². The zero-order valence-electron chi connectivity index (χ0n) is 16.5. The van der Waals surface area contributed by atoms with Crippen molar-refractivity contribution in [1.82, 2.24) is 20.1 Å². The number of H-pyrrole nitrogens is 1. The minimum Gasteiger partial charge on any atom is -0.361 e. The van der Waals surface area contributed by atoms with Crippen LogP contribution in [-0.2, 0) is 20.8 Å². The Bertz CT molecular complexity index is 810. The molecular formula is C20H29N5O3S. The summed E-state index contributed by atoms with van der Waals surface area (Å²) in [5, 5.41) is 3.80. The Morgan fingerprint density at radius 2 is 2.00 bits per heavy atom. The molecule has 0 atom stereocenters. The van der Waals surface area contributed by atoms with Crippen LogP contribution in [0.5, 0.6) is 0 Å². The summed E-state index contributed by atoms with van der Waals surface area (Å²) < 4.78 is 0. The smallest absolute Gasteiger partial charge is 0.242 e. The molecule has 8 nitrogen and oxygen atoms in total. The third kappa shape index (κ3) is 7.10. The van der Waals surface area contributed by atoms with Gasteiger partial charge in [-0.2, -0.15) is 12.6 Å². The molecule has 0 aliphatic carbocycles. The predicted octanol–water partition coefficient (Wildman–Crippen LogP) is 0.392. The molecule has 1 aromatic carbocycles.